The Balaban J connectivity index is 2.61. The quantitative estimate of drug-likeness (QED) is 0.360. The molecule has 1 aromatic heterocycles. The van der Waals surface area contributed by atoms with Crippen LogP contribution in [0, 0.1) is 10.1 Å². The van der Waals surface area contributed by atoms with Crippen LogP contribution in [0.3, 0.4) is 0 Å². The summed E-state index contributed by atoms with van der Waals surface area (Å²) in [6.45, 7) is -0.353. The summed E-state index contributed by atoms with van der Waals surface area (Å²) in [6, 6.07) is 0. The zero-order valence-corrected chi connectivity index (χ0v) is 9.53. The Morgan fingerprint density at radius 2 is 2.17 bits per heavy atom. The van der Waals surface area contributed by atoms with Gasteiger partial charge in [0.05, 0.1) is 11.5 Å². The minimum absolute atomic E-state index is 0.286. The van der Waals surface area contributed by atoms with Gasteiger partial charge in [0.15, 0.2) is 0 Å². The van der Waals surface area contributed by atoms with Gasteiger partial charge in [-0.3, -0.25) is 10.1 Å². The highest BCUT2D eigenvalue weighted by molar-refractivity contribution is 6.28. The first-order valence-electron chi connectivity index (χ1n) is 4.66. The van der Waals surface area contributed by atoms with Crippen LogP contribution in [0.25, 0.3) is 0 Å². The summed E-state index contributed by atoms with van der Waals surface area (Å²) in [4.78, 5) is 16.6. The average molecular weight is 286 g/mol. The molecule has 0 aliphatic rings. The molecule has 0 aliphatic carbocycles. The van der Waals surface area contributed by atoms with Crippen LogP contribution in [0.15, 0.2) is 6.20 Å². The number of aromatic nitrogens is 2. The van der Waals surface area contributed by atoms with Crippen molar-refractivity contribution in [2.45, 2.75) is 19.0 Å². The molecule has 100 valence electrons. The van der Waals surface area contributed by atoms with E-state index in [0.29, 0.717) is 0 Å². The Morgan fingerprint density at radius 1 is 1.50 bits per heavy atom. The van der Waals surface area contributed by atoms with Crippen molar-refractivity contribution in [1.29, 1.82) is 0 Å². The molecular weight excluding hydrogens is 279 g/mol. The van der Waals surface area contributed by atoms with Gasteiger partial charge in [-0.25, -0.2) is 4.98 Å². The molecule has 0 aliphatic heterocycles. The first kappa shape index (κ1) is 14.4. The number of rotatable bonds is 5. The Hall–Kier alpha value is -1.64. The molecule has 1 heterocycles. The topological polar surface area (TPSA) is 78.2 Å². The number of nitrogens with zero attached hydrogens (tertiary/aromatic N) is 3. The van der Waals surface area contributed by atoms with Gasteiger partial charge in [-0.05, 0) is 18.0 Å². The molecule has 6 nitrogen and oxygen atoms in total. The van der Waals surface area contributed by atoms with E-state index in [4.69, 9.17) is 16.3 Å². The summed E-state index contributed by atoms with van der Waals surface area (Å²) in [5, 5.41) is 10.3. The van der Waals surface area contributed by atoms with E-state index in [1.807, 2.05) is 0 Å². The van der Waals surface area contributed by atoms with Crippen molar-refractivity contribution in [3.05, 3.63) is 21.6 Å². The zero-order chi connectivity index (χ0) is 13.8. The largest absolute Gasteiger partial charge is 0.473 e. The van der Waals surface area contributed by atoms with Gasteiger partial charge < -0.3 is 4.74 Å². The summed E-state index contributed by atoms with van der Waals surface area (Å²) in [5.41, 5.74) is -0.550. The van der Waals surface area contributed by atoms with E-state index in [1.54, 1.807) is 0 Å². The number of hydrogen-bond donors (Lipinski definition) is 0. The number of halogens is 4. The van der Waals surface area contributed by atoms with Crippen LogP contribution in [0.2, 0.25) is 5.28 Å². The SMILES string of the molecule is O=[N+]([O-])c1cnc(Cl)nc1OCCCC(F)(F)F. The highest BCUT2D eigenvalue weighted by Gasteiger charge is 2.26. The normalized spacial score (nSPS) is 11.3. The first-order valence-corrected chi connectivity index (χ1v) is 5.04. The monoisotopic (exact) mass is 285 g/mol. The molecule has 0 fully saturated rings. The van der Waals surface area contributed by atoms with E-state index in [9.17, 15) is 23.3 Å². The van der Waals surface area contributed by atoms with Crippen LogP contribution in [-0.4, -0.2) is 27.7 Å². The van der Waals surface area contributed by atoms with Crippen LogP contribution in [0.5, 0.6) is 5.88 Å². The van der Waals surface area contributed by atoms with Gasteiger partial charge in [0.25, 0.3) is 5.88 Å². The molecule has 0 N–H and O–H groups in total. The molecule has 0 atom stereocenters. The maximum atomic E-state index is 11.8. The third kappa shape index (κ3) is 4.70. The highest BCUT2D eigenvalue weighted by atomic mass is 35.5. The first-order chi connectivity index (χ1) is 8.29. The maximum Gasteiger partial charge on any atom is 0.389 e. The fourth-order valence-electron chi connectivity index (χ4n) is 1.01. The fraction of sp³-hybridized carbons (Fsp3) is 0.500. The molecule has 0 saturated carbocycles. The molecule has 0 aromatic carbocycles. The van der Waals surface area contributed by atoms with Crippen LogP contribution < -0.4 is 4.74 Å². The van der Waals surface area contributed by atoms with Gasteiger partial charge in [0.2, 0.25) is 5.28 Å². The maximum absolute atomic E-state index is 11.8. The lowest BCUT2D eigenvalue weighted by atomic mass is 10.3. The third-order valence-electron chi connectivity index (χ3n) is 1.75. The minimum atomic E-state index is -4.29. The Morgan fingerprint density at radius 3 is 2.72 bits per heavy atom. The van der Waals surface area contributed by atoms with Crippen molar-refractivity contribution in [3.63, 3.8) is 0 Å². The van der Waals surface area contributed by atoms with Crippen molar-refractivity contribution >= 4 is 17.3 Å². The summed E-state index contributed by atoms with van der Waals surface area (Å²) < 4.78 is 40.3. The number of ether oxygens (including phenoxy) is 1. The number of nitro groups is 1. The fourth-order valence-corrected chi connectivity index (χ4v) is 1.14. The second-order valence-electron chi connectivity index (χ2n) is 3.15. The second kappa shape index (κ2) is 5.80. The van der Waals surface area contributed by atoms with Crippen LogP contribution >= 0.6 is 11.6 Å². The Bertz CT molecular complexity index is 441. The van der Waals surface area contributed by atoms with Crippen LogP contribution in [0.1, 0.15) is 12.8 Å². The van der Waals surface area contributed by atoms with E-state index in [1.165, 1.54) is 0 Å². The highest BCUT2D eigenvalue weighted by Crippen LogP contribution is 2.25. The summed E-state index contributed by atoms with van der Waals surface area (Å²) in [7, 11) is 0. The van der Waals surface area contributed by atoms with Crippen molar-refractivity contribution in [3.8, 4) is 5.88 Å². The van der Waals surface area contributed by atoms with E-state index in [0.717, 1.165) is 6.20 Å². The molecule has 0 radical (unpaired) electrons. The summed E-state index contributed by atoms with van der Waals surface area (Å²) >= 11 is 5.40. The molecule has 0 saturated heterocycles. The van der Waals surface area contributed by atoms with E-state index >= 15 is 0 Å². The molecule has 0 spiro atoms. The second-order valence-corrected chi connectivity index (χ2v) is 3.49. The molecular formula is C8H7ClF3N3O3. The number of alkyl halides is 3. The lowest BCUT2D eigenvalue weighted by Gasteiger charge is -2.07. The van der Waals surface area contributed by atoms with Crippen molar-refractivity contribution < 1.29 is 22.8 Å². The van der Waals surface area contributed by atoms with Gasteiger partial charge >= 0.3 is 11.9 Å². The van der Waals surface area contributed by atoms with Crippen molar-refractivity contribution in [1.82, 2.24) is 9.97 Å². The van der Waals surface area contributed by atoms with E-state index in [-0.39, 0.29) is 18.3 Å². The third-order valence-corrected chi connectivity index (χ3v) is 1.93. The van der Waals surface area contributed by atoms with Gasteiger partial charge in [0.1, 0.15) is 6.20 Å². The molecule has 1 aromatic rings. The van der Waals surface area contributed by atoms with Crippen molar-refractivity contribution in [2.24, 2.45) is 0 Å². The van der Waals surface area contributed by atoms with Gasteiger partial charge in [-0.1, -0.05) is 0 Å². The van der Waals surface area contributed by atoms with Crippen LogP contribution in [0.4, 0.5) is 18.9 Å². The number of hydrogen-bond acceptors (Lipinski definition) is 5. The molecule has 18 heavy (non-hydrogen) atoms. The van der Waals surface area contributed by atoms with Gasteiger partial charge in [0, 0.05) is 6.42 Å². The van der Waals surface area contributed by atoms with E-state index < -0.39 is 29.1 Å². The molecule has 0 amide bonds. The molecule has 0 bridgehead atoms. The van der Waals surface area contributed by atoms with Crippen LogP contribution in [-0.2, 0) is 0 Å². The van der Waals surface area contributed by atoms with E-state index in [2.05, 4.69) is 9.97 Å². The Labute approximate surface area is 104 Å². The standard InChI is InChI=1S/C8H7ClF3N3O3/c9-7-13-4-5(15(16)17)6(14-7)18-3-1-2-8(10,11)12/h4H,1-3H2. The molecule has 10 heteroatoms. The van der Waals surface area contributed by atoms with Gasteiger partial charge in [-0.15, -0.1) is 0 Å². The molecule has 0 unspecified atom stereocenters. The smallest absolute Gasteiger partial charge is 0.389 e. The summed E-state index contributed by atoms with van der Waals surface area (Å²) in [5.74, 6) is -0.442. The summed E-state index contributed by atoms with van der Waals surface area (Å²) in [6.07, 6.45) is -4.84. The lowest BCUT2D eigenvalue weighted by Crippen LogP contribution is -2.10. The van der Waals surface area contributed by atoms with Crippen molar-refractivity contribution in [2.75, 3.05) is 6.61 Å². The predicted octanol–water partition coefficient (Wildman–Crippen LogP) is 2.76. The lowest BCUT2D eigenvalue weighted by molar-refractivity contribution is -0.386. The average Bonchev–Trinajstić information content (AvgIpc) is 2.22. The minimum Gasteiger partial charge on any atom is -0.473 e. The molecule has 1 rings (SSSR count). The zero-order valence-electron chi connectivity index (χ0n) is 8.78. The van der Waals surface area contributed by atoms with Gasteiger partial charge in [-0.2, -0.15) is 18.2 Å². The predicted molar refractivity (Wildman–Crippen MR) is 54.5 cm³/mol. The Kier molecular flexibility index (Phi) is 4.65.